The number of amides is 1. The number of nitrogens with one attached hydrogen (secondary N) is 1. The SMILES string of the molecule is Cc1nn(Cc2c(Cl)cccc2Cl)c(Cl)c1/C=C/C(=O)O[C@H](C)C(=O)Nc1ccccc1[N+](=O)[O-]. The van der Waals surface area contributed by atoms with Crippen LogP contribution < -0.4 is 5.32 Å². The predicted molar refractivity (Wildman–Crippen MR) is 134 cm³/mol. The number of halogens is 3. The number of nitro benzene ring substituents is 1. The number of esters is 1. The number of para-hydroxylation sites is 2. The standard InChI is InChI=1S/C23H19Cl3N4O5/c1-13-15(22(26)29(28-13)12-16-17(24)6-5-7-18(16)25)10-11-21(31)35-14(2)23(32)27-19-8-3-4-9-20(19)30(33)34/h3-11,14H,12H2,1-2H3,(H,27,32)/b11-10+/t14-/m1/s1. The molecule has 1 aromatic heterocycles. The first kappa shape index (κ1) is 26.2. The Labute approximate surface area is 215 Å². The van der Waals surface area contributed by atoms with Crippen molar-refractivity contribution in [2.45, 2.75) is 26.5 Å². The van der Waals surface area contributed by atoms with Crippen LogP contribution in [0.15, 0.2) is 48.5 Å². The van der Waals surface area contributed by atoms with Gasteiger partial charge >= 0.3 is 5.97 Å². The molecule has 0 fully saturated rings. The van der Waals surface area contributed by atoms with Gasteiger partial charge in [-0.3, -0.25) is 14.9 Å². The van der Waals surface area contributed by atoms with E-state index in [9.17, 15) is 19.7 Å². The van der Waals surface area contributed by atoms with Crippen LogP contribution in [0.3, 0.4) is 0 Å². The molecule has 0 spiro atoms. The van der Waals surface area contributed by atoms with E-state index in [1.165, 1.54) is 41.9 Å². The number of hydrogen-bond acceptors (Lipinski definition) is 6. The van der Waals surface area contributed by atoms with Gasteiger partial charge in [0.2, 0.25) is 0 Å². The summed E-state index contributed by atoms with van der Waals surface area (Å²) >= 11 is 18.9. The van der Waals surface area contributed by atoms with Crippen LogP contribution in [0, 0.1) is 17.0 Å². The number of rotatable bonds is 8. The Morgan fingerprint density at radius 2 is 1.83 bits per heavy atom. The van der Waals surface area contributed by atoms with Crippen molar-refractivity contribution in [2.75, 3.05) is 5.32 Å². The molecule has 3 rings (SSSR count). The molecule has 182 valence electrons. The Morgan fingerprint density at radius 3 is 2.49 bits per heavy atom. The Kier molecular flexibility index (Phi) is 8.50. The van der Waals surface area contributed by atoms with E-state index in [0.717, 1.165) is 6.08 Å². The zero-order chi connectivity index (χ0) is 25.7. The highest BCUT2D eigenvalue weighted by Gasteiger charge is 2.21. The normalized spacial score (nSPS) is 11.9. The fourth-order valence-corrected chi connectivity index (χ4v) is 3.90. The Bertz CT molecular complexity index is 1300. The van der Waals surface area contributed by atoms with E-state index >= 15 is 0 Å². The van der Waals surface area contributed by atoms with Crippen molar-refractivity contribution in [3.05, 3.63) is 90.7 Å². The van der Waals surface area contributed by atoms with Crippen molar-refractivity contribution in [1.29, 1.82) is 0 Å². The van der Waals surface area contributed by atoms with Gasteiger partial charge in [-0.15, -0.1) is 0 Å². The molecule has 0 saturated carbocycles. The zero-order valence-electron chi connectivity index (χ0n) is 18.5. The third-order valence-corrected chi connectivity index (χ3v) is 5.99. The second-order valence-corrected chi connectivity index (χ2v) is 8.50. The molecular weight excluding hydrogens is 519 g/mol. The van der Waals surface area contributed by atoms with Crippen molar-refractivity contribution in [3.8, 4) is 0 Å². The molecule has 0 aliphatic heterocycles. The van der Waals surface area contributed by atoms with Gasteiger partial charge in [0.05, 0.1) is 17.2 Å². The number of anilines is 1. The summed E-state index contributed by atoms with van der Waals surface area (Å²) in [4.78, 5) is 35.1. The molecule has 3 aromatic rings. The highest BCUT2D eigenvalue weighted by Crippen LogP contribution is 2.28. The van der Waals surface area contributed by atoms with Crippen molar-refractivity contribution in [1.82, 2.24) is 9.78 Å². The maximum Gasteiger partial charge on any atom is 0.331 e. The number of ether oxygens (including phenoxy) is 1. The second kappa shape index (κ2) is 11.4. The smallest absolute Gasteiger partial charge is 0.331 e. The average Bonchev–Trinajstić information content (AvgIpc) is 3.07. The lowest BCUT2D eigenvalue weighted by molar-refractivity contribution is -0.383. The van der Waals surface area contributed by atoms with Crippen LogP contribution in [0.2, 0.25) is 15.2 Å². The molecule has 0 aliphatic rings. The Morgan fingerprint density at radius 1 is 1.17 bits per heavy atom. The molecule has 0 saturated heterocycles. The quantitative estimate of drug-likeness (QED) is 0.171. The first-order valence-electron chi connectivity index (χ1n) is 10.2. The minimum absolute atomic E-state index is 0.00520. The third kappa shape index (κ3) is 6.39. The molecule has 1 amide bonds. The van der Waals surface area contributed by atoms with Crippen LogP contribution in [0.4, 0.5) is 11.4 Å². The van der Waals surface area contributed by atoms with Crippen molar-refractivity contribution < 1.29 is 19.2 Å². The summed E-state index contributed by atoms with van der Waals surface area (Å²) in [5.74, 6) is -1.53. The fourth-order valence-electron chi connectivity index (χ4n) is 3.09. The van der Waals surface area contributed by atoms with E-state index < -0.39 is 22.9 Å². The molecule has 9 nitrogen and oxygen atoms in total. The first-order valence-corrected chi connectivity index (χ1v) is 11.3. The highest BCUT2D eigenvalue weighted by atomic mass is 35.5. The minimum Gasteiger partial charge on any atom is -0.449 e. The van der Waals surface area contributed by atoms with Gasteiger partial charge in [0, 0.05) is 33.3 Å². The number of aromatic nitrogens is 2. The van der Waals surface area contributed by atoms with E-state index in [4.69, 9.17) is 39.5 Å². The topological polar surface area (TPSA) is 116 Å². The summed E-state index contributed by atoms with van der Waals surface area (Å²) in [6.07, 6.45) is 1.32. The zero-order valence-corrected chi connectivity index (χ0v) is 20.8. The van der Waals surface area contributed by atoms with E-state index in [2.05, 4.69) is 10.4 Å². The summed E-state index contributed by atoms with van der Waals surface area (Å²) < 4.78 is 6.61. The van der Waals surface area contributed by atoms with E-state index in [1.807, 2.05) is 0 Å². The van der Waals surface area contributed by atoms with Crippen LogP contribution >= 0.6 is 34.8 Å². The van der Waals surface area contributed by atoms with Gasteiger partial charge in [-0.1, -0.05) is 53.0 Å². The van der Waals surface area contributed by atoms with Gasteiger partial charge in [-0.2, -0.15) is 5.10 Å². The number of hydrogen-bond donors (Lipinski definition) is 1. The van der Waals surface area contributed by atoms with Crippen LogP contribution in [-0.2, 0) is 20.9 Å². The third-order valence-electron chi connectivity index (χ3n) is 4.89. The van der Waals surface area contributed by atoms with Gasteiger partial charge in [-0.25, -0.2) is 9.48 Å². The lowest BCUT2D eigenvalue weighted by Gasteiger charge is -2.12. The first-order chi connectivity index (χ1) is 16.6. The lowest BCUT2D eigenvalue weighted by Crippen LogP contribution is -2.29. The largest absolute Gasteiger partial charge is 0.449 e. The molecule has 0 radical (unpaired) electrons. The lowest BCUT2D eigenvalue weighted by atomic mass is 10.2. The number of carbonyl (C=O) groups is 2. The maximum atomic E-state index is 12.3. The van der Waals surface area contributed by atoms with E-state index in [0.29, 0.717) is 26.9 Å². The summed E-state index contributed by atoms with van der Waals surface area (Å²) in [7, 11) is 0. The van der Waals surface area contributed by atoms with Gasteiger partial charge in [0.1, 0.15) is 10.8 Å². The second-order valence-electron chi connectivity index (χ2n) is 7.32. The summed E-state index contributed by atoms with van der Waals surface area (Å²) in [6, 6.07) is 10.8. The van der Waals surface area contributed by atoms with E-state index in [1.54, 1.807) is 25.1 Å². The molecule has 0 unspecified atom stereocenters. The van der Waals surface area contributed by atoms with Crippen molar-refractivity contribution in [3.63, 3.8) is 0 Å². The van der Waals surface area contributed by atoms with Crippen LogP contribution in [0.1, 0.15) is 23.7 Å². The highest BCUT2D eigenvalue weighted by molar-refractivity contribution is 6.36. The number of nitro groups is 1. The number of nitrogens with zero attached hydrogens (tertiary/aromatic N) is 3. The molecule has 0 bridgehead atoms. The molecule has 35 heavy (non-hydrogen) atoms. The number of benzene rings is 2. The van der Waals surface area contributed by atoms with Crippen LogP contribution in [0.5, 0.6) is 0 Å². The maximum absolute atomic E-state index is 12.3. The Hall–Kier alpha value is -3.40. The van der Waals surface area contributed by atoms with E-state index in [-0.39, 0.29) is 23.1 Å². The molecule has 1 atom stereocenters. The van der Waals surface area contributed by atoms with Gasteiger partial charge in [0.15, 0.2) is 6.10 Å². The minimum atomic E-state index is -1.21. The van der Waals surface area contributed by atoms with Gasteiger partial charge < -0.3 is 10.1 Å². The molecule has 1 heterocycles. The fraction of sp³-hybridized carbons (Fsp3) is 0.174. The summed E-state index contributed by atoms with van der Waals surface area (Å²) in [5.41, 5.74) is 1.38. The number of aryl methyl sites for hydroxylation is 1. The monoisotopic (exact) mass is 536 g/mol. The van der Waals surface area contributed by atoms with Crippen molar-refractivity contribution >= 4 is 64.1 Å². The average molecular weight is 538 g/mol. The molecule has 0 aliphatic carbocycles. The van der Waals surface area contributed by atoms with Gasteiger partial charge in [0.25, 0.3) is 11.6 Å². The van der Waals surface area contributed by atoms with Crippen molar-refractivity contribution in [2.24, 2.45) is 0 Å². The van der Waals surface area contributed by atoms with Crippen LogP contribution in [0.25, 0.3) is 6.08 Å². The summed E-state index contributed by atoms with van der Waals surface area (Å²) in [5, 5.41) is 19.0. The van der Waals surface area contributed by atoms with Gasteiger partial charge in [-0.05, 0) is 38.1 Å². The Balaban J connectivity index is 1.67. The van der Waals surface area contributed by atoms with Crippen LogP contribution in [-0.4, -0.2) is 32.7 Å². The predicted octanol–water partition coefficient (Wildman–Crippen LogP) is 5.69. The molecule has 2 aromatic carbocycles. The molecular formula is C23H19Cl3N4O5. The molecule has 1 N–H and O–H groups in total. The molecule has 12 heteroatoms. The number of carbonyl (C=O) groups excluding carboxylic acids is 2. The summed E-state index contributed by atoms with van der Waals surface area (Å²) in [6.45, 7) is 3.28.